The van der Waals surface area contributed by atoms with Crippen molar-refractivity contribution in [3.63, 3.8) is 0 Å². The van der Waals surface area contributed by atoms with Gasteiger partial charge < -0.3 is 10.0 Å². The molecule has 0 radical (unpaired) electrons. The van der Waals surface area contributed by atoms with E-state index < -0.39 is 12.0 Å². The first-order chi connectivity index (χ1) is 11.3. The van der Waals surface area contributed by atoms with E-state index >= 15 is 0 Å². The number of rotatable bonds is 5. The molecule has 5 nitrogen and oxygen atoms in total. The number of amides is 1. The molecule has 1 heterocycles. The van der Waals surface area contributed by atoms with E-state index in [1.807, 2.05) is 39.0 Å². The maximum absolute atomic E-state index is 12.4. The maximum Gasteiger partial charge on any atom is 0.326 e. The van der Waals surface area contributed by atoms with Crippen molar-refractivity contribution < 1.29 is 19.5 Å². The average molecular weight is 331 g/mol. The van der Waals surface area contributed by atoms with Crippen LogP contribution in [0.2, 0.25) is 0 Å². The van der Waals surface area contributed by atoms with Gasteiger partial charge in [0, 0.05) is 24.9 Å². The number of piperidine rings is 1. The van der Waals surface area contributed by atoms with Crippen molar-refractivity contribution in [1.29, 1.82) is 0 Å². The summed E-state index contributed by atoms with van der Waals surface area (Å²) in [4.78, 5) is 37.6. The van der Waals surface area contributed by atoms with E-state index in [-0.39, 0.29) is 24.5 Å². The van der Waals surface area contributed by atoms with Crippen molar-refractivity contribution in [3.8, 4) is 0 Å². The summed E-state index contributed by atoms with van der Waals surface area (Å²) < 4.78 is 0. The molecule has 1 saturated heterocycles. The molecule has 1 aromatic rings. The van der Waals surface area contributed by atoms with Gasteiger partial charge in [-0.3, -0.25) is 9.59 Å². The molecule has 0 spiro atoms. The molecule has 2 rings (SSSR count). The monoisotopic (exact) mass is 331 g/mol. The van der Waals surface area contributed by atoms with Crippen LogP contribution in [-0.2, 0) is 9.59 Å². The number of Topliss-reactive ketones (excluding diaryl/α,β-unsaturated/α-hetero) is 1. The van der Waals surface area contributed by atoms with E-state index in [0.717, 1.165) is 17.5 Å². The zero-order chi connectivity index (χ0) is 17.9. The van der Waals surface area contributed by atoms with Gasteiger partial charge in [0.1, 0.15) is 6.04 Å². The summed E-state index contributed by atoms with van der Waals surface area (Å²) in [6, 6.07) is 4.92. The van der Waals surface area contributed by atoms with Gasteiger partial charge in [0.2, 0.25) is 5.91 Å². The molecule has 1 aliphatic heterocycles. The molecule has 0 aliphatic carbocycles. The molecule has 130 valence electrons. The standard InChI is InChI=1S/C19H25NO4/c1-12-4-5-14(3)15(10-12)17(21)6-7-18(22)20-9-8-13(2)11-16(20)19(23)24/h4-5,10,13,16H,6-9,11H2,1-3H3,(H,23,24). The molecule has 0 bridgehead atoms. The minimum atomic E-state index is -0.962. The predicted molar refractivity (Wildman–Crippen MR) is 91.0 cm³/mol. The third-order valence-corrected chi connectivity index (χ3v) is 4.73. The van der Waals surface area contributed by atoms with Crippen LogP contribution in [0.5, 0.6) is 0 Å². The van der Waals surface area contributed by atoms with E-state index in [1.54, 1.807) is 0 Å². The Morgan fingerprint density at radius 3 is 2.58 bits per heavy atom. The maximum atomic E-state index is 12.4. The molecule has 1 aromatic carbocycles. The number of carboxylic acids is 1. The third kappa shape index (κ3) is 4.22. The largest absolute Gasteiger partial charge is 0.480 e. The molecule has 1 aliphatic rings. The van der Waals surface area contributed by atoms with Crippen LogP contribution >= 0.6 is 0 Å². The Balaban J connectivity index is 2.00. The first kappa shape index (κ1) is 18.2. The fraction of sp³-hybridized carbons (Fsp3) is 0.526. The van der Waals surface area contributed by atoms with Gasteiger partial charge in [-0.05, 0) is 44.2 Å². The van der Waals surface area contributed by atoms with Gasteiger partial charge in [0.05, 0.1) is 0 Å². The molecule has 5 heteroatoms. The Morgan fingerprint density at radius 1 is 1.21 bits per heavy atom. The van der Waals surface area contributed by atoms with Gasteiger partial charge in [-0.1, -0.05) is 24.6 Å². The fourth-order valence-corrected chi connectivity index (χ4v) is 3.21. The summed E-state index contributed by atoms with van der Waals surface area (Å²) in [6.45, 7) is 6.26. The number of benzene rings is 1. The second-order valence-electron chi connectivity index (χ2n) is 6.81. The topological polar surface area (TPSA) is 74.7 Å². The minimum absolute atomic E-state index is 0.0599. The second-order valence-corrected chi connectivity index (χ2v) is 6.81. The Labute approximate surface area is 142 Å². The lowest BCUT2D eigenvalue weighted by molar-refractivity contribution is -0.153. The zero-order valence-electron chi connectivity index (χ0n) is 14.5. The molecule has 1 fully saturated rings. The van der Waals surface area contributed by atoms with E-state index in [0.29, 0.717) is 24.4 Å². The first-order valence-electron chi connectivity index (χ1n) is 8.42. The fourth-order valence-electron chi connectivity index (χ4n) is 3.21. The van der Waals surface area contributed by atoms with Crippen molar-refractivity contribution >= 4 is 17.7 Å². The van der Waals surface area contributed by atoms with E-state index in [9.17, 15) is 19.5 Å². The predicted octanol–water partition coefficient (Wildman–Crippen LogP) is 2.98. The first-order valence-corrected chi connectivity index (χ1v) is 8.42. The second kappa shape index (κ2) is 7.60. The van der Waals surface area contributed by atoms with Crippen LogP contribution in [0.4, 0.5) is 0 Å². The van der Waals surface area contributed by atoms with Gasteiger partial charge >= 0.3 is 5.97 Å². The number of likely N-dealkylation sites (tertiary alicyclic amines) is 1. The quantitative estimate of drug-likeness (QED) is 0.842. The van der Waals surface area contributed by atoms with Crippen molar-refractivity contribution in [2.75, 3.05) is 6.54 Å². The van der Waals surface area contributed by atoms with E-state index in [1.165, 1.54) is 4.90 Å². The lowest BCUT2D eigenvalue weighted by Gasteiger charge is -2.36. The van der Waals surface area contributed by atoms with Crippen LogP contribution in [0, 0.1) is 19.8 Å². The van der Waals surface area contributed by atoms with Crippen LogP contribution in [0.15, 0.2) is 18.2 Å². The number of aryl methyl sites for hydroxylation is 2. The Hall–Kier alpha value is -2.17. The number of aliphatic carboxylic acids is 1. The summed E-state index contributed by atoms with van der Waals surface area (Å²) in [5.41, 5.74) is 2.55. The molecule has 0 saturated carbocycles. The van der Waals surface area contributed by atoms with Crippen molar-refractivity contribution in [3.05, 3.63) is 34.9 Å². The number of carbonyl (C=O) groups is 3. The number of carbonyl (C=O) groups excluding carboxylic acids is 2. The number of hydrogen-bond acceptors (Lipinski definition) is 3. The van der Waals surface area contributed by atoms with Gasteiger partial charge in [-0.2, -0.15) is 0 Å². The third-order valence-electron chi connectivity index (χ3n) is 4.73. The summed E-state index contributed by atoms with van der Waals surface area (Å²) >= 11 is 0. The van der Waals surface area contributed by atoms with E-state index in [2.05, 4.69) is 0 Å². The molecular formula is C19H25NO4. The van der Waals surface area contributed by atoms with Gasteiger partial charge in [0.15, 0.2) is 5.78 Å². The molecule has 2 atom stereocenters. The molecule has 1 N–H and O–H groups in total. The Bertz CT molecular complexity index is 653. The summed E-state index contributed by atoms with van der Waals surface area (Å²) in [5, 5.41) is 9.34. The van der Waals surface area contributed by atoms with E-state index in [4.69, 9.17) is 0 Å². The van der Waals surface area contributed by atoms with Crippen LogP contribution in [0.25, 0.3) is 0 Å². The van der Waals surface area contributed by atoms with Gasteiger partial charge in [0.25, 0.3) is 0 Å². The summed E-state index contributed by atoms with van der Waals surface area (Å²) in [6.07, 6.45) is 1.46. The Kier molecular flexibility index (Phi) is 5.75. The van der Waals surface area contributed by atoms with Crippen LogP contribution < -0.4 is 0 Å². The zero-order valence-corrected chi connectivity index (χ0v) is 14.5. The highest BCUT2D eigenvalue weighted by atomic mass is 16.4. The highest BCUT2D eigenvalue weighted by Crippen LogP contribution is 2.24. The summed E-state index contributed by atoms with van der Waals surface area (Å²) in [7, 11) is 0. The smallest absolute Gasteiger partial charge is 0.326 e. The normalized spacial score (nSPS) is 20.7. The lowest BCUT2D eigenvalue weighted by Crippen LogP contribution is -2.49. The van der Waals surface area contributed by atoms with Crippen LogP contribution in [-0.4, -0.2) is 40.3 Å². The molecular weight excluding hydrogens is 306 g/mol. The van der Waals surface area contributed by atoms with Gasteiger partial charge in [-0.15, -0.1) is 0 Å². The summed E-state index contributed by atoms with van der Waals surface area (Å²) in [5.74, 6) is -0.975. The van der Waals surface area contributed by atoms with Crippen LogP contribution in [0.1, 0.15) is 54.1 Å². The van der Waals surface area contributed by atoms with Crippen molar-refractivity contribution in [1.82, 2.24) is 4.90 Å². The molecule has 1 amide bonds. The number of hydrogen-bond donors (Lipinski definition) is 1. The Morgan fingerprint density at radius 2 is 1.92 bits per heavy atom. The van der Waals surface area contributed by atoms with Crippen molar-refractivity contribution in [2.24, 2.45) is 5.92 Å². The van der Waals surface area contributed by atoms with Crippen LogP contribution in [0.3, 0.4) is 0 Å². The van der Waals surface area contributed by atoms with Crippen molar-refractivity contribution in [2.45, 2.75) is 52.5 Å². The number of ketones is 1. The molecule has 24 heavy (non-hydrogen) atoms. The highest BCUT2D eigenvalue weighted by molar-refractivity contribution is 5.99. The molecule has 0 aromatic heterocycles. The highest BCUT2D eigenvalue weighted by Gasteiger charge is 2.34. The SMILES string of the molecule is Cc1ccc(C)c(C(=O)CCC(=O)N2CCC(C)CC2C(=O)O)c1. The minimum Gasteiger partial charge on any atom is -0.480 e. The van der Waals surface area contributed by atoms with Gasteiger partial charge in [-0.25, -0.2) is 4.79 Å². The molecule has 2 unspecified atom stereocenters. The average Bonchev–Trinajstić information content (AvgIpc) is 2.54. The number of carboxylic acid groups (broad SMARTS) is 1. The lowest BCUT2D eigenvalue weighted by atomic mass is 9.92. The number of nitrogens with zero attached hydrogens (tertiary/aromatic N) is 1.